The van der Waals surface area contributed by atoms with Crippen LogP contribution in [0.2, 0.25) is 0 Å². The quantitative estimate of drug-likeness (QED) is 0.603. The van der Waals surface area contributed by atoms with Gasteiger partial charge in [0.05, 0.1) is 5.92 Å². The van der Waals surface area contributed by atoms with Gasteiger partial charge in [-0.25, -0.2) is 0 Å². The zero-order chi connectivity index (χ0) is 9.54. The summed E-state index contributed by atoms with van der Waals surface area (Å²) in [7, 11) is 0. The largest absolute Gasteiger partial charge is 0.294 e. The summed E-state index contributed by atoms with van der Waals surface area (Å²) in [4.78, 5) is 11.7. The molecule has 0 aliphatic heterocycles. The van der Waals surface area contributed by atoms with Crippen molar-refractivity contribution >= 4 is 17.9 Å². The van der Waals surface area contributed by atoms with Crippen molar-refractivity contribution in [1.82, 2.24) is 0 Å². The highest BCUT2D eigenvalue weighted by atomic mass is 16.1. The molecular weight excluding hydrogens is 172 g/mol. The SMILES string of the molecule is O=C1C=Cc2cccc3c2C1CC=C3. The van der Waals surface area contributed by atoms with E-state index in [0.717, 1.165) is 6.42 Å². The van der Waals surface area contributed by atoms with Gasteiger partial charge in [-0.05, 0) is 29.2 Å². The van der Waals surface area contributed by atoms with Crippen molar-refractivity contribution < 1.29 is 4.79 Å². The van der Waals surface area contributed by atoms with Gasteiger partial charge >= 0.3 is 0 Å². The standard InChI is InChI=1S/C13H10O/c14-12-8-7-10-4-1-3-9-5-2-6-11(12)13(9)10/h1-5,7-8,11H,6H2. The third-order valence-corrected chi connectivity index (χ3v) is 2.96. The summed E-state index contributed by atoms with van der Waals surface area (Å²) in [5.41, 5.74) is 3.63. The molecule has 3 rings (SSSR count). The molecule has 1 nitrogen and oxygen atoms in total. The summed E-state index contributed by atoms with van der Waals surface area (Å²) >= 11 is 0. The molecule has 0 N–H and O–H groups in total. The molecule has 0 amide bonds. The van der Waals surface area contributed by atoms with Gasteiger partial charge in [-0.2, -0.15) is 0 Å². The Morgan fingerprint density at radius 1 is 1.07 bits per heavy atom. The van der Waals surface area contributed by atoms with E-state index in [9.17, 15) is 4.79 Å². The molecule has 0 spiro atoms. The van der Waals surface area contributed by atoms with Crippen LogP contribution in [0.3, 0.4) is 0 Å². The average Bonchev–Trinajstić information content (AvgIpc) is 2.24. The molecule has 0 aromatic heterocycles. The van der Waals surface area contributed by atoms with Gasteiger partial charge < -0.3 is 0 Å². The van der Waals surface area contributed by atoms with Crippen LogP contribution in [-0.4, -0.2) is 5.78 Å². The maximum atomic E-state index is 11.7. The third-order valence-electron chi connectivity index (χ3n) is 2.96. The smallest absolute Gasteiger partial charge is 0.163 e. The van der Waals surface area contributed by atoms with Crippen LogP contribution >= 0.6 is 0 Å². The minimum atomic E-state index is 0.0798. The number of benzene rings is 1. The van der Waals surface area contributed by atoms with E-state index < -0.39 is 0 Å². The molecule has 0 fully saturated rings. The van der Waals surface area contributed by atoms with Gasteiger partial charge in [0.2, 0.25) is 0 Å². The minimum absolute atomic E-state index is 0.0798. The minimum Gasteiger partial charge on any atom is -0.294 e. The first kappa shape index (κ1) is 7.74. The first-order valence-electron chi connectivity index (χ1n) is 4.87. The van der Waals surface area contributed by atoms with Crippen LogP contribution in [-0.2, 0) is 4.79 Å². The summed E-state index contributed by atoms with van der Waals surface area (Å²) in [6.45, 7) is 0. The highest BCUT2D eigenvalue weighted by molar-refractivity contribution is 6.03. The van der Waals surface area contributed by atoms with E-state index in [4.69, 9.17) is 0 Å². The molecule has 68 valence electrons. The lowest BCUT2D eigenvalue weighted by Gasteiger charge is -2.24. The number of ketones is 1. The lowest BCUT2D eigenvalue weighted by atomic mass is 9.78. The van der Waals surface area contributed by atoms with E-state index in [1.807, 2.05) is 12.1 Å². The number of rotatable bonds is 0. The monoisotopic (exact) mass is 182 g/mol. The molecule has 0 heterocycles. The molecule has 2 aliphatic rings. The van der Waals surface area contributed by atoms with Crippen LogP contribution in [0.15, 0.2) is 30.4 Å². The second-order valence-electron chi connectivity index (χ2n) is 3.78. The maximum Gasteiger partial charge on any atom is 0.163 e. The first-order valence-corrected chi connectivity index (χ1v) is 4.87. The zero-order valence-electron chi connectivity index (χ0n) is 7.73. The van der Waals surface area contributed by atoms with Gasteiger partial charge in [0, 0.05) is 0 Å². The molecule has 0 radical (unpaired) electrons. The van der Waals surface area contributed by atoms with Crippen LogP contribution in [0.25, 0.3) is 12.2 Å². The molecular formula is C13H10O. The fraction of sp³-hybridized carbons (Fsp3) is 0.154. The number of hydrogen-bond donors (Lipinski definition) is 0. The molecule has 1 aromatic carbocycles. The van der Waals surface area contributed by atoms with Gasteiger partial charge in [0.1, 0.15) is 0 Å². The third kappa shape index (κ3) is 0.925. The maximum absolute atomic E-state index is 11.7. The highest BCUT2D eigenvalue weighted by Crippen LogP contribution is 2.36. The fourth-order valence-electron chi connectivity index (χ4n) is 2.29. The van der Waals surface area contributed by atoms with E-state index in [0.29, 0.717) is 0 Å². The van der Waals surface area contributed by atoms with Crippen molar-refractivity contribution in [3.8, 4) is 0 Å². The summed E-state index contributed by atoms with van der Waals surface area (Å²) in [5.74, 6) is 0.325. The lowest BCUT2D eigenvalue weighted by molar-refractivity contribution is -0.116. The molecule has 1 aromatic rings. The summed E-state index contributed by atoms with van der Waals surface area (Å²) < 4.78 is 0. The van der Waals surface area contributed by atoms with Crippen LogP contribution in [0, 0.1) is 0 Å². The van der Waals surface area contributed by atoms with Crippen molar-refractivity contribution in [1.29, 1.82) is 0 Å². The number of carbonyl (C=O) groups is 1. The van der Waals surface area contributed by atoms with Crippen LogP contribution in [0.5, 0.6) is 0 Å². The topological polar surface area (TPSA) is 17.1 Å². The Morgan fingerprint density at radius 3 is 2.71 bits per heavy atom. The predicted octanol–water partition coefficient (Wildman–Crippen LogP) is 2.78. The highest BCUT2D eigenvalue weighted by Gasteiger charge is 2.26. The number of carbonyl (C=O) groups excluding carboxylic acids is 1. The van der Waals surface area contributed by atoms with Gasteiger partial charge in [-0.1, -0.05) is 36.4 Å². The van der Waals surface area contributed by atoms with Crippen molar-refractivity contribution in [3.63, 3.8) is 0 Å². The van der Waals surface area contributed by atoms with E-state index >= 15 is 0 Å². The zero-order valence-corrected chi connectivity index (χ0v) is 7.73. The van der Waals surface area contributed by atoms with Gasteiger partial charge in [0.15, 0.2) is 5.78 Å². The molecule has 1 heteroatoms. The Labute approximate surface area is 82.8 Å². The van der Waals surface area contributed by atoms with E-state index in [2.05, 4.69) is 24.3 Å². The Hall–Kier alpha value is -1.63. The second-order valence-corrected chi connectivity index (χ2v) is 3.78. The van der Waals surface area contributed by atoms with Gasteiger partial charge in [-0.3, -0.25) is 4.79 Å². The van der Waals surface area contributed by atoms with Gasteiger partial charge in [0.25, 0.3) is 0 Å². The van der Waals surface area contributed by atoms with Gasteiger partial charge in [-0.15, -0.1) is 0 Å². The molecule has 1 atom stereocenters. The van der Waals surface area contributed by atoms with Crippen molar-refractivity contribution in [3.05, 3.63) is 47.0 Å². The second kappa shape index (κ2) is 2.68. The number of allylic oxidation sites excluding steroid dienone is 2. The molecule has 0 saturated heterocycles. The molecule has 0 bridgehead atoms. The Kier molecular flexibility index (Phi) is 1.48. The fourth-order valence-corrected chi connectivity index (χ4v) is 2.29. The molecule has 1 unspecified atom stereocenters. The van der Waals surface area contributed by atoms with Crippen LogP contribution < -0.4 is 0 Å². The molecule has 0 saturated carbocycles. The predicted molar refractivity (Wildman–Crippen MR) is 56.9 cm³/mol. The Morgan fingerprint density at radius 2 is 1.86 bits per heavy atom. The average molecular weight is 182 g/mol. The van der Waals surface area contributed by atoms with E-state index in [1.54, 1.807) is 6.08 Å². The van der Waals surface area contributed by atoms with Crippen molar-refractivity contribution in [2.75, 3.05) is 0 Å². The Balaban J connectivity index is 2.33. The first-order chi connectivity index (χ1) is 6.86. The van der Waals surface area contributed by atoms with E-state index in [1.165, 1.54) is 16.7 Å². The molecule has 2 aliphatic carbocycles. The van der Waals surface area contributed by atoms with Crippen molar-refractivity contribution in [2.45, 2.75) is 12.3 Å². The lowest BCUT2D eigenvalue weighted by Crippen LogP contribution is -2.17. The van der Waals surface area contributed by atoms with E-state index in [-0.39, 0.29) is 11.7 Å². The van der Waals surface area contributed by atoms with Crippen molar-refractivity contribution in [2.24, 2.45) is 0 Å². The summed E-state index contributed by atoms with van der Waals surface area (Å²) in [6.07, 6.45) is 8.69. The number of hydrogen-bond acceptors (Lipinski definition) is 1. The van der Waals surface area contributed by atoms with Crippen LogP contribution in [0.1, 0.15) is 29.0 Å². The normalized spacial score (nSPS) is 22.3. The Bertz CT molecular complexity index is 466. The molecule has 14 heavy (non-hydrogen) atoms. The summed E-state index contributed by atoms with van der Waals surface area (Å²) in [6, 6.07) is 6.20. The summed E-state index contributed by atoms with van der Waals surface area (Å²) in [5, 5.41) is 0. The van der Waals surface area contributed by atoms with Crippen LogP contribution in [0.4, 0.5) is 0 Å².